The number of rotatable bonds is 4. The van der Waals surface area contributed by atoms with Crippen molar-refractivity contribution in [3.8, 4) is 0 Å². The van der Waals surface area contributed by atoms with Crippen LogP contribution in [0.3, 0.4) is 0 Å². The van der Waals surface area contributed by atoms with E-state index in [1.54, 1.807) is 6.26 Å². The Bertz CT molecular complexity index is 495. The zero-order chi connectivity index (χ0) is 11.5. The lowest BCUT2D eigenvalue weighted by Crippen LogP contribution is -2.13. The highest BCUT2D eigenvalue weighted by molar-refractivity contribution is 9.10. The zero-order valence-electron chi connectivity index (χ0n) is 9.02. The predicted molar refractivity (Wildman–Crippen MR) is 65.9 cm³/mol. The maximum atomic E-state index is 13.5. The summed E-state index contributed by atoms with van der Waals surface area (Å²) in [5.74, 6) is -0.328. The lowest BCUT2D eigenvalue weighted by molar-refractivity contribution is 0.555. The highest BCUT2D eigenvalue weighted by Crippen LogP contribution is 2.27. The first-order valence-corrected chi connectivity index (χ1v) is 6.07. The molecule has 0 fully saturated rings. The summed E-state index contributed by atoms with van der Waals surface area (Å²) in [5.41, 5.74) is 1.32. The van der Waals surface area contributed by atoms with Gasteiger partial charge < -0.3 is 9.73 Å². The number of nitrogens with one attached hydrogen (secondary N) is 1. The molecular weight excluding hydrogens is 273 g/mol. The van der Waals surface area contributed by atoms with Crippen molar-refractivity contribution in [3.05, 3.63) is 34.2 Å². The standard InChI is InChI=1S/C12H13BrFNO/c1-2-3-15-6-8-7-16-12-10(8)4-9(13)5-11(12)14/h4-5,7,15H,2-3,6H2,1H3. The van der Waals surface area contributed by atoms with Crippen molar-refractivity contribution in [2.24, 2.45) is 0 Å². The molecule has 16 heavy (non-hydrogen) atoms. The summed E-state index contributed by atoms with van der Waals surface area (Å²) < 4.78 is 19.5. The van der Waals surface area contributed by atoms with E-state index < -0.39 is 0 Å². The summed E-state index contributed by atoms with van der Waals surface area (Å²) >= 11 is 3.28. The summed E-state index contributed by atoms with van der Waals surface area (Å²) in [4.78, 5) is 0. The van der Waals surface area contributed by atoms with Gasteiger partial charge in [-0.1, -0.05) is 22.9 Å². The molecule has 1 N–H and O–H groups in total. The summed E-state index contributed by atoms with van der Waals surface area (Å²) in [7, 11) is 0. The van der Waals surface area contributed by atoms with Crippen LogP contribution in [0.1, 0.15) is 18.9 Å². The highest BCUT2D eigenvalue weighted by Gasteiger charge is 2.10. The van der Waals surface area contributed by atoms with Crippen LogP contribution in [0.25, 0.3) is 11.0 Å². The molecule has 86 valence electrons. The summed E-state index contributed by atoms with van der Waals surface area (Å²) in [5, 5.41) is 4.10. The lowest BCUT2D eigenvalue weighted by atomic mass is 10.1. The summed E-state index contributed by atoms with van der Waals surface area (Å²) in [6, 6.07) is 3.29. The van der Waals surface area contributed by atoms with Gasteiger partial charge in [-0.05, 0) is 25.1 Å². The minimum Gasteiger partial charge on any atom is -0.461 e. The Morgan fingerprint density at radius 3 is 3.00 bits per heavy atom. The summed E-state index contributed by atoms with van der Waals surface area (Å²) in [6.07, 6.45) is 2.69. The molecule has 1 aromatic heterocycles. The fourth-order valence-electron chi connectivity index (χ4n) is 1.65. The van der Waals surface area contributed by atoms with Crippen LogP contribution in [0, 0.1) is 5.82 Å². The van der Waals surface area contributed by atoms with Crippen LogP contribution in [0.5, 0.6) is 0 Å². The number of hydrogen-bond acceptors (Lipinski definition) is 2. The SMILES string of the molecule is CCCNCc1coc2c(F)cc(Br)cc12. The van der Waals surface area contributed by atoms with E-state index >= 15 is 0 Å². The Morgan fingerprint density at radius 2 is 2.25 bits per heavy atom. The molecule has 0 saturated heterocycles. The predicted octanol–water partition coefficient (Wildman–Crippen LogP) is 3.83. The first kappa shape index (κ1) is 11.6. The van der Waals surface area contributed by atoms with Gasteiger partial charge in [-0.3, -0.25) is 0 Å². The molecule has 0 radical (unpaired) electrons. The van der Waals surface area contributed by atoms with Gasteiger partial charge in [-0.2, -0.15) is 0 Å². The molecule has 0 bridgehead atoms. The fraction of sp³-hybridized carbons (Fsp3) is 0.333. The average Bonchev–Trinajstić information content (AvgIpc) is 2.62. The van der Waals surface area contributed by atoms with Gasteiger partial charge in [0.15, 0.2) is 11.4 Å². The number of benzene rings is 1. The third kappa shape index (κ3) is 2.28. The smallest absolute Gasteiger partial charge is 0.169 e. The molecule has 0 unspecified atom stereocenters. The maximum Gasteiger partial charge on any atom is 0.169 e. The van der Waals surface area contributed by atoms with Crippen molar-refractivity contribution in [2.75, 3.05) is 6.54 Å². The van der Waals surface area contributed by atoms with E-state index in [2.05, 4.69) is 28.2 Å². The Kier molecular flexibility index (Phi) is 3.61. The van der Waals surface area contributed by atoms with Crippen molar-refractivity contribution < 1.29 is 8.81 Å². The van der Waals surface area contributed by atoms with Crippen LogP contribution in [0.4, 0.5) is 4.39 Å². The quantitative estimate of drug-likeness (QED) is 0.864. The van der Waals surface area contributed by atoms with Gasteiger partial charge in [0.25, 0.3) is 0 Å². The Balaban J connectivity index is 2.32. The van der Waals surface area contributed by atoms with Gasteiger partial charge in [0.1, 0.15) is 0 Å². The van der Waals surface area contributed by atoms with Gasteiger partial charge >= 0.3 is 0 Å². The molecule has 0 aliphatic heterocycles. The van der Waals surface area contributed by atoms with Crippen molar-refractivity contribution in [2.45, 2.75) is 19.9 Å². The molecular formula is C12H13BrFNO. The van der Waals surface area contributed by atoms with E-state index in [1.807, 2.05) is 6.07 Å². The molecule has 4 heteroatoms. The van der Waals surface area contributed by atoms with Crippen molar-refractivity contribution >= 4 is 26.9 Å². The van der Waals surface area contributed by atoms with Crippen molar-refractivity contribution in [1.29, 1.82) is 0 Å². The fourth-order valence-corrected chi connectivity index (χ4v) is 2.08. The Morgan fingerprint density at radius 1 is 1.44 bits per heavy atom. The van der Waals surface area contributed by atoms with E-state index in [-0.39, 0.29) is 5.82 Å². The molecule has 2 rings (SSSR count). The molecule has 0 spiro atoms. The second-order valence-corrected chi connectivity index (χ2v) is 4.62. The van der Waals surface area contributed by atoms with Gasteiger partial charge in [-0.15, -0.1) is 0 Å². The largest absolute Gasteiger partial charge is 0.461 e. The molecule has 2 nitrogen and oxygen atoms in total. The molecule has 2 aromatic rings. The van der Waals surface area contributed by atoms with Crippen LogP contribution in [-0.4, -0.2) is 6.54 Å². The first-order chi connectivity index (χ1) is 7.72. The van der Waals surface area contributed by atoms with Gasteiger partial charge in [0, 0.05) is 22.0 Å². The van der Waals surface area contributed by atoms with Crippen LogP contribution in [-0.2, 0) is 6.54 Å². The number of halogens is 2. The lowest BCUT2D eigenvalue weighted by Gasteiger charge is -2.00. The maximum absolute atomic E-state index is 13.5. The van der Waals surface area contributed by atoms with Crippen LogP contribution in [0.2, 0.25) is 0 Å². The third-order valence-electron chi connectivity index (χ3n) is 2.42. The molecule has 0 atom stereocenters. The monoisotopic (exact) mass is 285 g/mol. The Hall–Kier alpha value is -0.870. The van der Waals surface area contributed by atoms with Gasteiger partial charge in [0.2, 0.25) is 0 Å². The van der Waals surface area contributed by atoms with E-state index in [4.69, 9.17) is 4.42 Å². The van der Waals surface area contributed by atoms with Crippen molar-refractivity contribution in [1.82, 2.24) is 5.32 Å². The first-order valence-electron chi connectivity index (χ1n) is 5.28. The molecule has 1 heterocycles. The van der Waals surface area contributed by atoms with Crippen LogP contribution in [0.15, 0.2) is 27.3 Å². The second kappa shape index (κ2) is 4.97. The number of hydrogen-bond donors (Lipinski definition) is 1. The third-order valence-corrected chi connectivity index (χ3v) is 2.87. The molecule has 0 aliphatic carbocycles. The second-order valence-electron chi connectivity index (χ2n) is 3.70. The number of fused-ring (bicyclic) bond motifs is 1. The molecule has 1 aromatic carbocycles. The van der Waals surface area contributed by atoms with E-state index in [0.717, 1.165) is 28.4 Å². The molecule has 0 saturated carbocycles. The minimum absolute atomic E-state index is 0.328. The van der Waals surface area contributed by atoms with Crippen molar-refractivity contribution in [3.63, 3.8) is 0 Å². The highest BCUT2D eigenvalue weighted by atomic mass is 79.9. The Labute approximate surface area is 102 Å². The minimum atomic E-state index is -0.328. The molecule has 0 aliphatic rings. The number of furan rings is 1. The zero-order valence-corrected chi connectivity index (χ0v) is 10.6. The normalized spacial score (nSPS) is 11.2. The van der Waals surface area contributed by atoms with Gasteiger partial charge in [0.05, 0.1) is 6.26 Å². The topological polar surface area (TPSA) is 25.2 Å². The van der Waals surface area contributed by atoms with E-state index in [1.165, 1.54) is 6.07 Å². The van der Waals surface area contributed by atoms with Gasteiger partial charge in [-0.25, -0.2) is 4.39 Å². The molecule has 0 amide bonds. The van der Waals surface area contributed by atoms with Crippen LogP contribution < -0.4 is 5.32 Å². The summed E-state index contributed by atoms with van der Waals surface area (Å²) in [6.45, 7) is 3.76. The van der Waals surface area contributed by atoms with Crippen LogP contribution >= 0.6 is 15.9 Å². The van der Waals surface area contributed by atoms with E-state index in [9.17, 15) is 4.39 Å². The average molecular weight is 286 g/mol. The van der Waals surface area contributed by atoms with E-state index in [0.29, 0.717) is 12.1 Å².